The van der Waals surface area contributed by atoms with E-state index in [1.807, 2.05) is 37.3 Å². The van der Waals surface area contributed by atoms with E-state index in [4.69, 9.17) is 4.74 Å². The molecule has 0 saturated carbocycles. The second-order valence-electron chi connectivity index (χ2n) is 3.51. The lowest BCUT2D eigenvalue weighted by Crippen LogP contribution is -2.23. The molecule has 1 N–H and O–H groups in total. The molecule has 5 heteroatoms. The highest BCUT2D eigenvalue weighted by Gasteiger charge is 2.11. The fourth-order valence-corrected chi connectivity index (χ4v) is 1.45. The third-order valence-corrected chi connectivity index (χ3v) is 2.20. The number of aryl methyl sites for hydroxylation is 1. The van der Waals surface area contributed by atoms with Crippen molar-refractivity contribution >= 4 is 6.09 Å². The number of aromatic nitrogens is 2. The van der Waals surface area contributed by atoms with Crippen LogP contribution in [0.2, 0.25) is 0 Å². The van der Waals surface area contributed by atoms with Crippen LogP contribution in [-0.4, -0.2) is 22.9 Å². The van der Waals surface area contributed by atoms with Crippen LogP contribution in [0.4, 0.5) is 4.79 Å². The van der Waals surface area contributed by atoms with Gasteiger partial charge in [-0.2, -0.15) is 5.10 Å². The summed E-state index contributed by atoms with van der Waals surface area (Å²) in [4.78, 5) is 11.2. The molecule has 1 amide bonds. The first kappa shape index (κ1) is 11.2. The average Bonchev–Trinajstić information content (AvgIpc) is 2.71. The van der Waals surface area contributed by atoms with E-state index in [0.717, 1.165) is 11.4 Å². The predicted molar refractivity (Wildman–Crippen MR) is 63.4 cm³/mol. The fourth-order valence-electron chi connectivity index (χ4n) is 1.45. The molecule has 1 heterocycles. The molecule has 0 radical (unpaired) electrons. The molecule has 2 rings (SSSR count). The first-order valence-corrected chi connectivity index (χ1v) is 5.22. The molecule has 0 saturated heterocycles. The summed E-state index contributed by atoms with van der Waals surface area (Å²) in [6.45, 7) is 1.84. The van der Waals surface area contributed by atoms with Gasteiger partial charge in [-0.15, -0.1) is 0 Å². The lowest BCUT2D eigenvalue weighted by molar-refractivity contribution is 0.199. The highest BCUT2D eigenvalue weighted by Crippen LogP contribution is 2.18. The number of hydrogen-bond acceptors (Lipinski definition) is 3. The third-order valence-electron chi connectivity index (χ3n) is 2.20. The molecule has 0 aliphatic rings. The molecule has 0 bridgehead atoms. The summed E-state index contributed by atoms with van der Waals surface area (Å²) < 4.78 is 6.71. The van der Waals surface area contributed by atoms with Crippen LogP contribution in [0.5, 0.6) is 5.88 Å². The molecule has 0 aliphatic carbocycles. The van der Waals surface area contributed by atoms with Crippen molar-refractivity contribution < 1.29 is 9.53 Å². The molecule has 1 aromatic heterocycles. The summed E-state index contributed by atoms with van der Waals surface area (Å²) in [5.41, 5.74) is 1.63. The van der Waals surface area contributed by atoms with Gasteiger partial charge < -0.3 is 10.1 Å². The maximum atomic E-state index is 11.2. The van der Waals surface area contributed by atoms with Crippen molar-refractivity contribution in [3.63, 3.8) is 0 Å². The van der Waals surface area contributed by atoms with E-state index in [0.29, 0.717) is 5.88 Å². The summed E-state index contributed by atoms with van der Waals surface area (Å²) in [6, 6.07) is 11.2. The number of ether oxygens (including phenoxy) is 1. The largest absolute Gasteiger partial charge is 0.413 e. The summed E-state index contributed by atoms with van der Waals surface area (Å²) in [5, 5.41) is 6.68. The van der Waals surface area contributed by atoms with Crippen LogP contribution in [-0.2, 0) is 0 Å². The molecule has 0 atom stereocenters. The van der Waals surface area contributed by atoms with Gasteiger partial charge in [0.2, 0.25) is 5.88 Å². The molecule has 0 fully saturated rings. The van der Waals surface area contributed by atoms with E-state index in [2.05, 4.69) is 10.4 Å². The van der Waals surface area contributed by atoms with Gasteiger partial charge in [0.1, 0.15) is 0 Å². The van der Waals surface area contributed by atoms with Gasteiger partial charge in [0, 0.05) is 13.1 Å². The van der Waals surface area contributed by atoms with Gasteiger partial charge in [0.25, 0.3) is 0 Å². The Hall–Kier alpha value is -2.30. The molecule has 0 spiro atoms. The molecule has 88 valence electrons. The van der Waals surface area contributed by atoms with Gasteiger partial charge >= 0.3 is 6.09 Å². The Morgan fingerprint density at radius 1 is 1.35 bits per heavy atom. The van der Waals surface area contributed by atoms with Crippen molar-refractivity contribution in [1.82, 2.24) is 15.1 Å². The van der Waals surface area contributed by atoms with Gasteiger partial charge in [-0.3, -0.25) is 0 Å². The Balaban J connectivity index is 2.37. The Bertz CT molecular complexity index is 520. The maximum absolute atomic E-state index is 11.2. The van der Waals surface area contributed by atoms with E-state index in [1.165, 1.54) is 7.05 Å². The average molecular weight is 231 g/mol. The van der Waals surface area contributed by atoms with Crippen molar-refractivity contribution in [3.05, 3.63) is 42.1 Å². The number of benzene rings is 1. The van der Waals surface area contributed by atoms with E-state index in [-0.39, 0.29) is 0 Å². The number of carbonyl (C=O) groups excluding carboxylic acids is 1. The Morgan fingerprint density at radius 3 is 2.71 bits per heavy atom. The number of rotatable bonds is 2. The number of hydrogen-bond donors (Lipinski definition) is 1. The zero-order chi connectivity index (χ0) is 12.3. The van der Waals surface area contributed by atoms with Crippen LogP contribution in [0.15, 0.2) is 36.4 Å². The number of nitrogens with zero attached hydrogens (tertiary/aromatic N) is 2. The summed E-state index contributed by atoms with van der Waals surface area (Å²) in [7, 11) is 1.51. The van der Waals surface area contributed by atoms with Gasteiger partial charge in [0.05, 0.1) is 11.4 Å². The van der Waals surface area contributed by atoms with Crippen LogP contribution in [0.3, 0.4) is 0 Å². The number of para-hydroxylation sites is 1. The third kappa shape index (κ3) is 2.44. The van der Waals surface area contributed by atoms with Crippen LogP contribution in [0, 0.1) is 6.92 Å². The van der Waals surface area contributed by atoms with Gasteiger partial charge in [0.15, 0.2) is 0 Å². The standard InChI is InChI=1S/C12H13N3O2/c1-9-8-11(17-12(16)13-2)15(14-9)10-6-4-3-5-7-10/h3-8H,1-2H3,(H,13,16). The molecule has 0 aliphatic heterocycles. The molecule has 5 nitrogen and oxygen atoms in total. The topological polar surface area (TPSA) is 56.1 Å². The van der Waals surface area contributed by atoms with Crippen LogP contribution < -0.4 is 10.1 Å². The van der Waals surface area contributed by atoms with Crippen molar-refractivity contribution in [3.8, 4) is 11.6 Å². The predicted octanol–water partition coefficient (Wildman–Crippen LogP) is 1.90. The van der Waals surface area contributed by atoms with Crippen molar-refractivity contribution in [2.45, 2.75) is 6.92 Å². The van der Waals surface area contributed by atoms with Crippen LogP contribution in [0.1, 0.15) is 5.69 Å². The van der Waals surface area contributed by atoms with Crippen molar-refractivity contribution in [2.75, 3.05) is 7.05 Å². The van der Waals surface area contributed by atoms with E-state index >= 15 is 0 Å². The molecule has 17 heavy (non-hydrogen) atoms. The molecule has 2 aromatic rings. The molecule has 0 unspecified atom stereocenters. The highest BCUT2D eigenvalue weighted by atomic mass is 16.6. The Morgan fingerprint density at radius 2 is 2.06 bits per heavy atom. The summed E-state index contributed by atoms with van der Waals surface area (Å²) in [5.74, 6) is 0.396. The minimum Gasteiger partial charge on any atom is -0.391 e. The first-order chi connectivity index (χ1) is 8.20. The maximum Gasteiger partial charge on any atom is 0.413 e. The monoisotopic (exact) mass is 231 g/mol. The zero-order valence-corrected chi connectivity index (χ0v) is 9.68. The van der Waals surface area contributed by atoms with E-state index in [9.17, 15) is 4.79 Å². The lowest BCUT2D eigenvalue weighted by Gasteiger charge is -2.06. The SMILES string of the molecule is CNC(=O)Oc1cc(C)nn1-c1ccccc1. The zero-order valence-electron chi connectivity index (χ0n) is 9.68. The molecular formula is C12H13N3O2. The van der Waals surface area contributed by atoms with Gasteiger partial charge in [-0.25, -0.2) is 9.48 Å². The minimum atomic E-state index is -0.512. The number of carbonyl (C=O) groups is 1. The van der Waals surface area contributed by atoms with Crippen molar-refractivity contribution in [2.24, 2.45) is 0 Å². The second kappa shape index (κ2) is 4.69. The van der Waals surface area contributed by atoms with Crippen LogP contribution in [0.25, 0.3) is 5.69 Å². The molecular weight excluding hydrogens is 218 g/mol. The van der Waals surface area contributed by atoms with Gasteiger partial charge in [-0.1, -0.05) is 18.2 Å². The highest BCUT2D eigenvalue weighted by molar-refractivity contribution is 5.69. The van der Waals surface area contributed by atoms with Crippen LogP contribution >= 0.6 is 0 Å². The summed E-state index contributed by atoms with van der Waals surface area (Å²) >= 11 is 0. The fraction of sp³-hybridized carbons (Fsp3) is 0.167. The Kier molecular flexibility index (Phi) is 3.09. The quantitative estimate of drug-likeness (QED) is 0.858. The Labute approximate surface area is 99.0 Å². The normalized spacial score (nSPS) is 10.0. The number of nitrogens with one attached hydrogen (secondary N) is 1. The minimum absolute atomic E-state index is 0.396. The first-order valence-electron chi connectivity index (χ1n) is 5.22. The second-order valence-corrected chi connectivity index (χ2v) is 3.51. The van der Waals surface area contributed by atoms with Gasteiger partial charge in [-0.05, 0) is 19.1 Å². The van der Waals surface area contributed by atoms with E-state index in [1.54, 1.807) is 10.7 Å². The lowest BCUT2D eigenvalue weighted by atomic mass is 10.3. The summed E-state index contributed by atoms with van der Waals surface area (Å²) in [6.07, 6.45) is -0.512. The molecule has 1 aromatic carbocycles. The van der Waals surface area contributed by atoms with Crippen molar-refractivity contribution in [1.29, 1.82) is 0 Å². The number of amides is 1. The smallest absolute Gasteiger partial charge is 0.391 e. The van der Waals surface area contributed by atoms with E-state index < -0.39 is 6.09 Å².